The molecule has 0 aliphatic heterocycles. The number of halogens is 2. The number of hydrogen-bond acceptors (Lipinski definition) is 1. The van der Waals surface area contributed by atoms with Gasteiger partial charge in [-0.3, -0.25) is 0 Å². The van der Waals surface area contributed by atoms with Gasteiger partial charge in [-0.2, -0.15) is 0 Å². The summed E-state index contributed by atoms with van der Waals surface area (Å²) in [7, 11) is 0. The highest BCUT2D eigenvalue weighted by atomic mass is 79.9. The van der Waals surface area contributed by atoms with Crippen LogP contribution in [0, 0.1) is 0 Å². The Morgan fingerprint density at radius 2 is 2.10 bits per heavy atom. The highest BCUT2D eigenvalue weighted by Crippen LogP contribution is 2.47. The smallest absolute Gasteiger partial charge is 0.133 e. The summed E-state index contributed by atoms with van der Waals surface area (Å²) < 4.78 is 6.51. The molecule has 0 aromatic heterocycles. The minimum Gasteiger partial charge on any atom is -0.493 e. The predicted molar refractivity (Wildman–Crippen MR) is 86.8 cm³/mol. The molecule has 0 saturated heterocycles. The fraction of sp³-hybridized carbons (Fsp3) is 0.294. The van der Waals surface area contributed by atoms with E-state index < -0.39 is 0 Å². The van der Waals surface area contributed by atoms with E-state index in [2.05, 4.69) is 52.3 Å². The van der Waals surface area contributed by atoms with Crippen molar-refractivity contribution < 1.29 is 4.74 Å². The SMILES string of the molecule is CCOc1ccc(C(Cl)C2Cc3ccccc32)cc1Br. The van der Waals surface area contributed by atoms with E-state index in [1.807, 2.05) is 13.0 Å². The van der Waals surface area contributed by atoms with Gasteiger partial charge in [-0.1, -0.05) is 30.3 Å². The second-order valence-electron chi connectivity index (χ2n) is 5.03. The number of fused-ring (bicyclic) bond motifs is 1. The maximum Gasteiger partial charge on any atom is 0.133 e. The monoisotopic (exact) mass is 350 g/mol. The summed E-state index contributed by atoms with van der Waals surface area (Å²) in [5, 5.41) is 0.0110. The van der Waals surface area contributed by atoms with Gasteiger partial charge in [-0.25, -0.2) is 0 Å². The molecule has 1 aliphatic rings. The summed E-state index contributed by atoms with van der Waals surface area (Å²) in [5.41, 5.74) is 3.95. The summed E-state index contributed by atoms with van der Waals surface area (Å²) in [5.74, 6) is 1.28. The van der Waals surface area contributed by atoms with Crippen LogP contribution >= 0.6 is 27.5 Å². The van der Waals surface area contributed by atoms with Crippen LogP contribution in [0.3, 0.4) is 0 Å². The number of benzene rings is 2. The van der Waals surface area contributed by atoms with Crippen LogP contribution < -0.4 is 4.74 Å². The Bertz CT molecular complexity index is 626. The summed E-state index contributed by atoms with van der Waals surface area (Å²) in [6.07, 6.45) is 1.06. The maximum absolute atomic E-state index is 6.68. The first kappa shape index (κ1) is 14.0. The summed E-state index contributed by atoms with van der Waals surface area (Å²) in [6, 6.07) is 14.7. The van der Waals surface area contributed by atoms with E-state index in [0.717, 1.165) is 22.2 Å². The lowest BCUT2D eigenvalue weighted by atomic mass is 9.74. The molecule has 1 nitrogen and oxygen atoms in total. The fourth-order valence-electron chi connectivity index (χ4n) is 2.75. The van der Waals surface area contributed by atoms with Crippen LogP contribution in [0.15, 0.2) is 46.9 Å². The van der Waals surface area contributed by atoms with Gasteiger partial charge in [-0.15, -0.1) is 11.6 Å². The van der Waals surface area contributed by atoms with Gasteiger partial charge in [-0.05, 0) is 58.1 Å². The first-order valence-electron chi connectivity index (χ1n) is 6.84. The molecule has 0 heterocycles. The Morgan fingerprint density at radius 1 is 1.30 bits per heavy atom. The first-order chi connectivity index (χ1) is 9.70. The molecular weight excluding hydrogens is 336 g/mol. The molecule has 0 fully saturated rings. The molecule has 0 N–H and O–H groups in total. The molecule has 104 valence electrons. The molecule has 0 amide bonds. The van der Waals surface area contributed by atoms with Gasteiger partial charge in [0.05, 0.1) is 16.5 Å². The second kappa shape index (κ2) is 5.79. The van der Waals surface area contributed by atoms with Crippen molar-refractivity contribution in [2.75, 3.05) is 6.61 Å². The predicted octanol–water partition coefficient (Wildman–Crippen LogP) is 5.47. The molecule has 2 aromatic carbocycles. The Hall–Kier alpha value is -0.990. The van der Waals surface area contributed by atoms with E-state index in [0.29, 0.717) is 12.5 Å². The average Bonchev–Trinajstić information content (AvgIpc) is 2.42. The molecule has 2 aromatic rings. The third kappa shape index (κ3) is 2.47. The molecular formula is C17H16BrClO. The quantitative estimate of drug-likeness (QED) is 0.664. The van der Waals surface area contributed by atoms with Gasteiger partial charge in [0, 0.05) is 5.92 Å². The Kier molecular flexibility index (Phi) is 4.04. The van der Waals surface area contributed by atoms with Crippen molar-refractivity contribution in [2.45, 2.75) is 24.6 Å². The standard InChI is InChI=1S/C17H16BrClO/c1-2-20-16-8-7-12(10-15(16)18)17(19)14-9-11-5-3-4-6-13(11)14/h3-8,10,14,17H,2,9H2,1H3. The minimum absolute atomic E-state index is 0.0110. The highest BCUT2D eigenvalue weighted by molar-refractivity contribution is 9.10. The first-order valence-corrected chi connectivity index (χ1v) is 8.07. The number of ether oxygens (including phenoxy) is 1. The maximum atomic E-state index is 6.68. The third-order valence-corrected chi connectivity index (χ3v) is 5.00. The van der Waals surface area contributed by atoms with Crippen LogP contribution in [0.25, 0.3) is 0 Å². The van der Waals surface area contributed by atoms with Crippen molar-refractivity contribution in [1.82, 2.24) is 0 Å². The normalized spacial score (nSPS) is 18.1. The van der Waals surface area contributed by atoms with Crippen molar-refractivity contribution in [1.29, 1.82) is 0 Å². The van der Waals surface area contributed by atoms with E-state index >= 15 is 0 Å². The zero-order valence-electron chi connectivity index (χ0n) is 11.3. The van der Waals surface area contributed by atoms with Crippen LogP contribution in [-0.4, -0.2) is 6.61 Å². The second-order valence-corrected chi connectivity index (χ2v) is 6.36. The zero-order valence-corrected chi connectivity index (χ0v) is 13.6. The van der Waals surface area contributed by atoms with Gasteiger partial charge >= 0.3 is 0 Å². The fourth-order valence-corrected chi connectivity index (χ4v) is 3.62. The molecule has 2 unspecified atom stereocenters. The lowest BCUT2D eigenvalue weighted by Gasteiger charge is -2.34. The topological polar surface area (TPSA) is 9.23 Å². The van der Waals surface area contributed by atoms with Crippen molar-refractivity contribution >= 4 is 27.5 Å². The van der Waals surface area contributed by atoms with Crippen molar-refractivity contribution in [3.05, 3.63) is 63.6 Å². The minimum atomic E-state index is 0.0110. The Balaban J connectivity index is 1.82. The van der Waals surface area contributed by atoms with Crippen LogP contribution in [0.2, 0.25) is 0 Å². The van der Waals surface area contributed by atoms with E-state index in [-0.39, 0.29) is 5.38 Å². The molecule has 3 rings (SSSR count). The van der Waals surface area contributed by atoms with E-state index in [1.54, 1.807) is 0 Å². The number of rotatable bonds is 4. The van der Waals surface area contributed by atoms with Gasteiger partial charge in [0.1, 0.15) is 5.75 Å². The third-order valence-electron chi connectivity index (χ3n) is 3.82. The van der Waals surface area contributed by atoms with Crippen LogP contribution in [0.4, 0.5) is 0 Å². The molecule has 0 saturated carbocycles. The number of alkyl halides is 1. The van der Waals surface area contributed by atoms with Gasteiger partial charge < -0.3 is 4.74 Å². The lowest BCUT2D eigenvalue weighted by Crippen LogP contribution is -2.21. The van der Waals surface area contributed by atoms with Gasteiger partial charge in [0.2, 0.25) is 0 Å². The van der Waals surface area contributed by atoms with Crippen LogP contribution in [0.1, 0.15) is 34.9 Å². The van der Waals surface area contributed by atoms with Crippen molar-refractivity contribution in [3.8, 4) is 5.75 Å². The summed E-state index contributed by atoms with van der Waals surface area (Å²) in [4.78, 5) is 0. The van der Waals surface area contributed by atoms with Crippen LogP contribution in [0.5, 0.6) is 5.75 Å². The van der Waals surface area contributed by atoms with E-state index in [9.17, 15) is 0 Å². The average molecular weight is 352 g/mol. The van der Waals surface area contributed by atoms with Crippen molar-refractivity contribution in [3.63, 3.8) is 0 Å². The molecule has 20 heavy (non-hydrogen) atoms. The Morgan fingerprint density at radius 3 is 2.80 bits per heavy atom. The van der Waals surface area contributed by atoms with Gasteiger partial charge in [0.15, 0.2) is 0 Å². The number of hydrogen-bond donors (Lipinski definition) is 0. The Labute approximate surface area is 133 Å². The summed E-state index contributed by atoms with van der Waals surface area (Å²) in [6.45, 7) is 2.65. The summed E-state index contributed by atoms with van der Waals surface area (Å²) >= 11 is 10.2. The lowest BCUT2D eigenvalue weighted by molar-refractivity contribution is 0.338. The van der Waals surface area contributed by atoms with Crippen molar-refractivity contribution in [2.24, 2.45) is 0 Å². The van der Waals surface area contributed by atoms with Crippen LogP contribution in [-0.2, 0) is 6.42 Å². The molecule has 1 aliphatic carbocycles. The largest absolute Gasteiger partial charge is 0.493 e. The molecule has 3 heteroatoms. The molecule has 2 atom stereocenters. The van der Waals surface area contributed by atoms with E-state index in [1.165, 1.54) is 11.1 Å². The highest BCUT2D eigenvalue weighted by Gasteiger charge is 2.32. The molecule has 0 bridgehead atoms. The zero-order chi connectivity index (χ0) is 14.1. The van der Waals surface area contributed by atoms with Gasteiger partial charge in [0.25, 0.3) is 0 Å². The van der Waals surface area contributed by atoms with E-state index in [4.69, 9.17) is 16.3 Å². The molecule has 0 spiro atoms. The molecule has 0 radical (unpaired) electrons.